The van der Waals surface area contributed by atoms with Crippen molar-refractivity contribution in [2.75, 3.05) is 4.72 Å². The van der Waals surface area contributed by atoms with Crippen LogP contribution in [0.15, 0.2) is 59.5 Å². The second kappa shape index (κ2) is 7.97. The van der Waals surface area contributed by atoms with Gasteiger partial charge < -0.3 is 5.32 Å². The first-order valence-corrected chi connectivity index (χ1v) is 9.39. The van der Waals surface area contributed by atoms with Crippen LogP contribution in [0.2, 0.25) is 0 Å². The van der Waals surface area contributed by atoms with Crippen LogP contribution >= 0.6 is 0 Å². The van der Waals surface area contributed by atoms with Crippen LogP contribution in [0, 0.1) is 0 Å². The summed E-state index contributed by atoms with van der Waals surface area (Å²) in [5, 5.41) is 2.91. The quantitative estimate of drug-likeness (QED) is 0.807. The molecular weight excluding hydrogens is 324 g/mol. The van der Waals surface area contributed by atoms with Gasteiger partial charge in [0.25, 0.3) is 15.9 Å². The summed E-state index contributed by atoms with van der Waals surface area (Å²) in [5.41, 5.74) is 0.914. The van der Waals surface area contributed by atoms with E-state index in [2.05, 4.69) is 17.0 Å². The molecule has 6 heteroatoms. The summed E-state index contributed by atoms with van der Waals surface area (Å²) < 4.78 is 27.0. The number of sulfonamides is 1. The molecule has 2 aromatic carbocycles. The Morgan fingerprint density at radius 2 is 1.67 bits per heavy atom. The number of carbonyl (C=O) groups is 1. The van der Waals surface area contributed by atoms with Gasteiger partial charge in [0.2, 0.25) is 0 Å². The molecule has 0 bridgehead atoms. The van der Waals surface area contributed by atoms with Gasteiger partial charge in [-0.3, -0.25) is 9.52 Å². The van der Waals surface area contributed by atoms with Gasteiger partial charge in [0, 0.05) is 17.3 Å². The molecule has 1 unspecified atom stereocenters. The van der Waals surface area contributed by atoms with Crippen LogP contribution in [-0.4, -0.2) is 20.4 Å². The molecule has 2 N–H and O–H groups in total. The van der Waals surface area contributed by atoms with E-state index in [-0.39, 0.29) is 16.8 Å². The normalized spacial score (nSPS) is 12.4. The number of benzene rings is 2. The van der Waals surface area contributed by atoms with Gasteiger partial charge >= 0.3 is 0 Å². The molecule has 0 saturated heterocycles. The van der Waals surface area contributed by atoms with Crippen molar-refractivity contribution in [1.82, 2.24) is 5.32 Å². The summed E-state index contributed by atoms with van der Waals surface area (Å²) in [7, 11) is -3.62. The zero-order chi connectivity index (χ0) is 17.6. The van der Waals surface area contributed by atoms with E-state index in [4.69, 9.17) is 0 Å². The van der Waals surface area contributed by atoms with Crippen molar-refractivity contribution in [3.63, 3.8) is 0 Å². The Kier molecular flexibility index (Phi) is 5.98. The summed E-state index contributed by atoms with van der Waals surface area (Å²) >= 11 is 0. The molecule has 0 spiro atoms. The molecule has 128 valence electrons. The predicted octanol–water partition coefficient (Wildman–Crippen LogP) is 3.41. The van der Waals surface area contributed by atoms with Crippen molar-refractivity contribution in [2.24, 2.45) is 0 Å². The maximum atomic E-state index is 12.2. The third-order valence-corrected chi connectivity index (χ3v) is 4.95. The lowest BCUT2D eigenvalue weighted by Crippen LogP contribution is -2.32. The number of nitrogens with one attached hydrogen (secondary N) is 2. The van der Waals surface area contributed by atoms with Crippen molar-refractivity contribution < 1.29 is 13.2 Å². The van der Waals surface area contributed by atoms with Gasteiger partial charge in [-0.1, -0.05) is 31.5 Å². The van der Waals surface area contributed by atoms with Crippen molar-refractivity contribution in [2.45, 2.75) is 37.6 Å². The van der Waals surface area contributed by atoms with E-state index in [1.807, 2.05) is 6.92 Å². The molecule has 0 aromatic heterocycles. The van der Waals surface area contributed by atoms with Crippen LogP contribution in [0.1, 0.15) is 37.0 Å². The zero-order valence-corrected chi connectivity index (χ0v) is 14.6. The molecule has 0 aliphatic carbocycles. The maximum absolute atomic E-state index is 12.2. The van der Waals surface area contributed by atoms with Crippen molar-refractivity contribution in [3.8, 4) is 0 Å². The minimum absolute atomic E-state index is 0.110. The Morgan fingerprint density at radius 1 is 1.04 bits per heavy atom. The molecular formula is C18H22N2O3S. The third kappa shape index (κ3) is 4.83. The van der Waals surface area contributed by atoms with Crippen LogP contribution in [0.25, 0.3) is 0 Å². The van der Waals surface area contributed by atoms with Crippen molar-refractivity contribution in [1.29, 1.82) is 0 Å². The minimum atomic E-state index is -3.62. The van der Waals surface area contributed by atoms with E-state index in [9.17, 15) is 13.2 Å². The summed E-state index contributed by atoms with van der Waals surface area (Å²) in [4.78, 5) is 12.3. The summed E-state index contributed by atoms with van der Waals surface area (Å²) in [6, 6.07) is 14.6. The molecule has 0 aliphatic heterocycles. The monoisotopic (exact) mass is 346 g/mol. The molecule has 1 amide bonds. The summed E-state index contributed by atoms with van der Waals surface area (Å²) in [6.07, 6.45) is 1.92. The molecule has 0 heterocycles. The molecule has 0 radical (unpaired) electrons. The molecule has 2 rings (SSSR count). The summed E-state index contributed by atoms with van der Waals surface area (Å²) in [6.45, 7) is 4.03. The van der Waals surface area contributed by atoms with Gasteiger partial charge in [0.05, 0.1) is 4.90 Å². The lowest BCUT2D eigenvalue weighted by atomic mass is 10.1. The van der Waals surface area contributed by atoms with Gasteiger partial charge in [-0.25, -0.2) is 8.42 Å². The fourth-order valence-corrected chi connectivity index (χ4v) is 3.40. The van der Waals surface area contributed by atoms with E-state index < -0.39 is 10.0 Å². The minimum Gasteiger partial charge on any atom is -0.350 e. The maximum Gasteiger partial charge on any atom is 0.261 e. The molecule has 2 aromatic rings. The highest BCUT2D eigenvalue weighted by atomic mass is 32.2. The van der Waals surface area contributed by atoms with Crippen LogP contribution in [-0.2, 0) is 10.0 Å². The van der Waals surface area contributed by atoms with Gasteiger partial charge in [0.15, 0.2) is 0 Å². The number of anilines is 1. The smallest absolute Gasteiger partial charge is 0.261 e. The number of hydrogen-bond donors (Lipinski definition) is 2. The van der Waals surface area contributed by atoms with E-state index in [1.165, 1.54) is 12.1 Å². The Balaban J connectivity index is 2.06. The van der Waals surface area contributed by atoms with Crippen LogP contribution in [0.3, 0.4) is 0 Å². The topological polar surface area (TPSA) is 75.3 Å². The Hall–Kier alpha value is -2.34. The van der Waals surface area contributed by atoms with Gasteiger partial charge in [-0.2, -0.15) is 0 Å². The first kappa shape index (κ1) is 18.0. The number of hydrogen-bond acceptors (Lipinski definition) is 3. The molecule has 0 saturated carbocycles. The number of carbonyl (C=O) groups excluding carboxylic acids is 1. The SMILES string of the molecule is CCCC(C)NC(=O)c1ccc(NS(=O)(=O)c2ccccc2)cc1. The highest BCUT2D eigenvalue weighted by molar-refractivity contribution is 7.92. The highest BCUT2D eigenvalue weighted by Gasteiger charge is 2.14. The van der Waals surface area contributed by atoms with E-state index >= 15 is 0 Å². The van der Waals surface area contributed by atoms with E-state index in [0.29, 0.717) is 11.3 Å². The van der Waals surface area contributed by atoms with Crippen LogP contribution < -0.4 is 10.0 Å². The van der Waals surface area contributed by atoms with Gasteiger partial charge in [-0.15, -0.1) is 0 Å². The van der Waals surface area contributed by atoms with Gasteiger partial charge in [-0.05, 0) is 49.7 Å². The Morgan fingerprint density at radius 3 is 2.25 bits per heavy atom. The van der Waals surface area contributed by atoms with Crippen molar-refractivity contribution >= 4 is 21.6 Å². The van der Waals surface area contributed by atoms with E-state index in [1.54, 1.807) is 42.5 Å². The number of rotatable bonds is 7. The largest absolute Gasteiger partial charge is 0.350 e. The van der Waals surface area contributed by atoms with Crippen LogP contribution in [0.4, 0.5) is 5.69 Å². The molecule has 1 atom stereocenters. The fraction of sp³-hybridized carbons (Fsp3) is 0.278. The standard InChI is InChI=1S/C18H22N2O3S/c1-3-7-14(2)19-18(21)15-10-12-16(13-11-15)20-24(22,23)17-8-5-4-6-9-17/h4-6,8-14,20H,3,7H2,1-2H3,(H,19,21). The van der Waals surface area contributed by atoms with Crippen LogP contribution in [0.5, 0.6) is 0 Å². The van der Waals surface area contributed by atoms with E-state index in [0.717, 1.165) is 12.8 Å². The predicted molar refractivity (Wildman–Crippen MR) is 95.5 cm³/mol. The molecule has 24 heavy (non-hydrogen) atoms. The lowest BCUT2D eigenvalue weighted by molar-refractivity contribution is 0.0938. The summed E-state index contributed by atoms with van der Waals surface area (Å²) in [5.74, 6) is -0.159. The Labute approximate surface area is 143 Å². The Bertz CT molecular complexity index is 772. The first-order chi connectivity index (χ1) is 11.4. The average Bonchev–Trinajstić information content (AvgIpc) is 2.56. The molecule has 5 nitrogen and oxygen atoms in total. The first-order valence-electron chi connectivity index (χ1n) is 7.91. The van der Waals surface area contributed by atoms with Gasteiger partial charge in [0.1, 0.15) is 0 Å². The second-order valence-corrected chi connectivity index (χ2v) is 7.34. The lowest BCUT2D eigenvalue weighted by Gasteiger charge is -2.13. The average molecular weight is 346 g/mol. The fourth-order valence-electron chi connectivity index (χ4n) is 2.32. The second-order valence-electron chi connectivity index (χ2n) is 5.66. The third-order valence-electron chi connectivity index (χ3n) is 3.55. The molecule has 0 fully saturated rings. The highest BCUT2D eigenvalue weighted by Crippen LogP contribution is 2.16. The number of amides is 1. The van der Waals surface area contributed by atoms with Crippen molar-refractivity contribution in [3.05, 3.63) is 60.2 Å². The molecule has 0 aliphatic rings. The zero-order valence-electron chi connectivity index (χ0n) is 13.8.